The average Bonchev–Trinajstić information content (AvgIpc) is 2.87. The Balaban J connectivity index is 2.12. The highest BCUT2D eigenvalue weighted by Gasteiger charge is 2.25. The minimum Gasteiger partial charge on any atom is -0.379 e. The molecule has 6 nitrogen and oxygen atoms in total. The normalized spacial score (nSPS) is 21.2. The predicted molar refractivity (Wildman–Crippen MR) is 83.9 cm³/mol. The highest BCUT2D eigenvalue weighted by molar-refractivity contribution is 5.76. The molecule has 0 saturated carbocycles. The van der Waals surface area contributed by atoms with E-state index in [4.69, 9.17) is 4.74 Å². The average molecular weight is 293 g/mol. The molecule has 6 heteroatoms. The summed E-state index contributed by atoms with van der Waals surface area (Å²) < 4.78 is 5.52. The zero-order valence-corrected chi connectivity index (χ0v) is 12.6. The minimum atomic E-state index is -0.325. The first-order valence-corrected chi connectivity index (χ1v) is 7.50. The van der Waals surface area contributed by atoms with Gasteiger partial charge in [0, 0.05) is 25.6 Å². The summed E-state index contributed by atoms with van der Waals surface area (Å²) in [5.41, 5.74) is 1.26. The molecular weight excluding hydrogens is 270 g/mol. The van der Waals surface area contributed by atoms with Crippen LogP contribution in [0.1, 0.15) is 26.7 Å². The molecule has 0 amide bonds. The zero-order chi connectivity index (χ0) is 15.2. The van der Waals surface area contributed by atoms with Crippen molar-refractivity contribution in [1.82, 2.24) is 0 Å². The highest BCUT2D eigenvalue weighted by Crippen LogP contribution is 2.33. The summed E-state index contributed by atoms with van der Waals surface area (Å²) in [5, 5.41) is 17.7. The number of rotatable bonds is 7. The molecule has 116 valence electrons. The molecule has 1 aliphatic heterocycles. The summed E-state index contributed by atoms with van der Waals surface area (Å²) in [4.78, 5) is 11.0. The molecule has 2 atom stereocenters. The number of anilines is 2. The van der Waals surface area contributed by atoms with Gasteiger partial charge in [0.2, 0.25) is 0 Å². The van der Waals surface area contributed by atoms with Gasteiger partial charge in [-0.25, -0.2) is 0 Å². The molecule has 0 radical (unpaired) electrons. The Morgan fingerprint density at radius 2 is 2.10 bits per heavy atom. The van der Waals surface area contributed by atoms with Crippen molar-refractivity contribution in [2.24, 2.45) is 5.92 Å². The van der Waals surface area contributed by atoms with Crippen LogP contribution < -0.4 is 10.6 Å². The fourth-order valence-corrected chi connectivity index (χ4v) is 2.57. The molecule has 1 aliphatic rings. The maximum atomic E-state index is 11.4. The molecule has 2 N–H and O–H groups in total. The number of para-hydroxylation sites is 1. The summed E-state index contributed by atoms with van der Waals surface area (Å²) in [7, 11) is 0. The summed E-state index contributed by atoms with van der Waals surface area (Å²) in [6, 6.07) is 5.35. The van der Waals surface area contributed by atoms with Gasteiger partial charge in [-0.1, -0.05) is 13.0 Å². The summed E-state index contributed by atoms with van der Waals surface area (Å²) in [5.74, 6) is 0.400. The molecule has 0 spiro atoms. The Bertz CT molecular complexity index is 493. The van der Waals surface area contributed by atoms with Gasteiger partial charge in [0.1, 0.15) is 11.4 Å². The maximum absolute atomic E-state index is 11.4. The van der Waals surface area contributed by atoms with Crippen LogP contribution in [0.4, 0.5) is 17.1 Å². The number of nitro groups is 1. The first-order chi connectivity index (χ1) is 10.1. The molecule has 0 aliphatic carbocycles. The standard InChI is InChI=1S/C15H23N3O3/c1-3-8-16-13-5-4-6-14(15(13)18(19)20)17-10-12-7-9-21-11(12)2/h4-6,11-12,16-17H,3,7-10H2,1-2H3. The zero-order valence-electron chi connectivity index (χ0n) is 12.6. The fraction of sp³-hybridized carbons (Fsp3) is 0.600. The second-order valence-electron chi connectivity index (χ2n) is 5.39. The van der Waals surface area contributed by atoms with Crippen LogP contribution in [0.5, 0.6) is 0 Å². The second-order valence-corrected chi connectivity index (χ2v) is 5.39. The Hall–Kier alpha value is -1.82. The van der Waals surface area contributed by atoms with E-state index >= 15 is 0 Å². The van der Waals surface area contributed by atoms with E-state index in [-0.39, 0.29) is 16.7 Å². The summed E-state index contributed by atoms with van der Waals surface area (Å²) >= 11 is 0. The van der Waals surface area contributed by atoms with Crippen LogP contribution in [-0.4, -0.2) is 30.7 Å². The fourth-order valence-electron chi connectivity index (χ4n) is 2.57. The molecule has 1 aromatic rings. The molecule has 1 heterocycles. The Labute approximate surface area is 125 Å². The van der Waals surface area contributed by atoms with Crippen LogP contribution in [0.25, 0.3) is 0 Å². The molecular formula is C15H23N3O3. The van der Waals surface area contributed by atoms with E-state index in [1.54, 1.807) is 12.1 Å². The van der Waals surface area contributed by atoms with Crippen molar-refractivity contribution in [3.05, 3.63) is 28.3 Å². The van der Waals surface area contributed by atoms with Gasteiger partial charge in [-0.15, -0.1) is 0 Å². The van der Waals surface area contributed by atoms with E-state index in [2.05, 4.69) is 10.6 Å². The van der Waals surface area contributed by atoms with Crippen LogP contribution in [-0.2, 0) is 4.74 Å². The van der Waals surface area contributed by atoms with Crippen LogP contribution in [0.2, 0.25) is 0 Å². The largest absolute Gasteiger partial charge is 0.379 e. The lowest BCUT2D eigenvalue weighted by Gasteiger charge is -2.16. The number of hydrogen-bond acceptors (Lipinski definition) is 5. The van der Waals surface area contributed by atoms with Crippen molar-refractivity contribution in [2.75, 3.05) is 30.3 Å². The molecule has 1 saturated heterocycles. The summed E-state index contributed by atoms with van der Waals surface area (Å²) in [6.07, 6.45) is 2.12. The Kier molecular flexibility index (Phi) is 5.38. The molecule has 21 heavy (non-hydrogen) atoms. The van der Waals surface area contributed by atoms with E-state index < -0.39 is 0 Å². The quantitative estimate of drug-likeness (QED) is 0.596. The van der Waals surface area contributed by atoms with E-state index in [1.165, 1.54) is 0 Å². The smallest absolute Gasteiger partial charge is 0.315 e. The van der Waals surface area contributed by atoms with Gasteiger partial charge in [0.15, 0.2) is 0 Å². The van der Waals surface area contributed by atoms with Crippen LogP contribution in [0.3, 0.4) is 0 Å². The first-order valence-electron chi connectivity index (χ1n) is 7.50. The van der Waals surface area contributed by atoms with Crippen molar-refractivity contribution in [1.29, 1.82) is 0 Å². The van der Waals surface area contributed by atoms with E-state index in [0.717, 1.165) is 26.0 Å². The Morgan fingerprint density at radius 1 is 1.38 bits per heavy atom. The van der Waals surface area contributed by atoms with Gasteiger partial charge in [0.25, 0.3) is 0 Å². The monoisotopic (exact) mass is 293 g/mol. The van der Waals surface area contributed by atoms with E-state index in [9.17, 15) is 10.1 Å². The number of benzene rings is 1. The number of nitro benzene ring substituents is 1. The van der Waals surface area contributed by atoms with E-state index in [1.807, 2.05) is 19.9 Å². The van der Waals surface area contributed by atoms with Gasteiger partial charge < -0.3 is 15.4 Å². The van der Waals surface area contributed by atoms with Crippen LogP contribution >= 0.6 is 0 Å². The molecule has 2 unspecified atom stereocenters. The first kappa shape index (κ1) is 15.6. The molecule has 2 rings (SSSR count). The third-order valence-corrected chi connectivity index (χ3v) is 3.87. The number of nitrogens with zero attached hydrogens (tertiary/aromatic N) is 1. The lowest BCUT2D eigenvalue weighted by molar-refractivity contribution is -0.383. The van der Waals surface area contributed by atoms with Gasteiger partial charge >= 0.3 is 5.69 Å². The van der Waals surface area contributed by atoms with E-state index in [0.29, 0.717) is 23.8 Å². The lowest BCUT2D eigenvalue weighted by Crippen LogP contribution is -2.21. The third kappa shape index (κ3) is 3.85. The number of hydrogen-bond donors (Lipinski definition) is 2. The van der Waals surface area contributed by atoms with Gasteiger partial charge in [0.05, 0.1) is 11.0 Å². The molecule has 1 aromatic carbocycles. The van der Waals surface area contributed by atoms with Crippen molar-refractivity contribution in [3.8, 4) is 0 Å². The van der Waals surface area contributed by atoms with Crippen molar-refractivity contribution in [2.45, 2.75) is 32.8 Å². The second kappa shape index (κ2) is 7.26. The molecule has 0 aromatic heterocycles. The van der Waals surface area contributed by atoms with Crippen molar-refractivity contribution in [3.63, 3.8) is 0 Å². The van der Waals surface area contributed by atoms with Crippen molar-refractivity contribution < 1.29 is 9.66 Å². The highest BCUT2D eigenvalue weighted by atomic mass is 16.6. The van der Waals surface area contributed by atoms with Crippen molar-refractivity contribution >= 4 is 17.1 Å². The SMILES string of the molecule is CCCNc1cccc(NCC2CCOC2C)c1[N+](=O)[O-]. The predicted octanol–water partition coefficient (Wildman–Crippen LogP) is 3.25. The third-order valence-electron chi connectivity index (χ3n) is 3.87. The topological polar surface area (TPSA) is 76.4 Å². The maximum Gasteiger partial charge on any atom is 0.315 e. The summed E-state index contributed by atoms with van der Waals surface area (Å²) in [6.45, 7) is 6.26. The van der Waals surface area contributed by atoms with Gasteiger partial charge in [-0.3, -0.25) is 10.1 Å². The Morgan fingerprint density at radius 3 is 2.67 bits per heavy atom. The van der Waals surface area contributed by atoms with Crippen LogP contribution in [0.15, 0.2) is 18.2 Å². The van der Waals surface area contributed by atoms with Gasteiger partial charge in [-0.05, 0) is 31.9 Å². The molecule has 1 fully saturated rings. The molecule has 0 bridgehead atoms. The lowest BCUT2D eigenvalue weighted by atomic mass is 10.0. The van der Waals surface area contributed by atoms with Crippen LogP contribution in [0, 0.1) is 16.0 Å². The number of ether oxygens (including phenoxy) is 1. The number of nitrogens with one attached hydrogen (secondary N) is 2. The minimum absolute atomic E-state index is 0.123. The van der Waals surface area contributed by atoms with Gasteiger partial charge in [-0.2, -0.15) is 0 Å².